The van der Waals surface area contributed by atoms with Gasteiger partial charge in [0.25, 0.3) is 0 Å². The van der Waals surface area contributed by atoms with E-state index in [2.05, 4.69) is 12.2 Å². The number of rotatable bonds is 5. The quantitative estimate of drug-likeness (QED) is 0.852. The second kappa shape index (κ2) is 7.02. The topological polar surface area (TPSA) is 32.3 Å². The molecule has 20 heavy (non-hydrogen) atoms. The molecule has 1 aliphatic rings. The number of hydrogen-bond donors (Lipinski definition) is 2. The summed E-state index contributed by atoms with van der Waals surface area (Å²) in [7, 11) is 0. The van der Waals surface area contributed by atoms with Crippen LogP contribution in [0.3, 0.4) is 0 Å². The predicted molar refractivity (Wildman–Crippen MR) is 75.5 cm³/mol. The summed E-state index contributed by atoms with van der Waals surface area (Å²) in [6.07, 6.45) is 7.39. The van der Waals surface area contributed by atoms with Crippen molar-refractivity contribution in [2.45, 2.75) is 58.0 Å². The zero-order chi connectivity index (χ0) is 14.5. The van der Waals surface area contributed by atoms with Gasteiger partial charge in [0.1, 0.15) is 0 Å². The summed E-state index contributed by atoms with van der Waals surface area (Å²) in [5, 5.41) is 12.5. The third kappa shape index (κ3) is 3.69. The molecular formula is C16H23F2NO. The third-order valence-corrected chi connectivity index (χ3v) is 4.30. The lowest BCUT2D eigenvalue weighted by atomic mass is 9.83. The molecule has 0 bridgehead atoms. The van der Waals surface area contributed by atoms with Crippen LogP contribution >= 0.6 is 0 Å². The lowest BCUT2D eigenvalue weighted by Gasteiger charge is -2.30. The average Bonchev–Trinajstić information content (AvgIpc) is 2.46. The van der Waals surface area contributed by atoms with E-state index in [1.54, 1.807) is 0 Å². The van der Waals surface area contributed by atoms with Gasteiger partial charge in [0, 0.05) is 12.6 Å². The van der Waals surface area contributed by atoms with E-state index in [1.807, 2.05) is 0 Å². The van der Waals surface area contributed by atoms with Crippen LogP contribution in [0.5, 0.6) is 5.75 Å². The zero-order valence-corrected chi connectivity index (χ0v) is 12.0. The summed E-state index contributed by atoms with van der Waals surface area (Å²) >= 11 is 0. The van der Waals surface area contributed by atoms with E-state index in [0.29, 0.717) is 24.1 Å². The Hall–Kier alpha value is -1.16. The second-order valence-electron chi connectivity index (χ2n) is 5.70. The fourth-order valence-electron chi connectivity index (χ4n) is 3.15. The zero-order valence-electron chi connectivity index (χ0n) is 12.0. The van der Waals surface area contributed by atoms with Crippen molar-refractivity contribution in [3.05, 3.63) is 29.3 Å². The van der Waals surface area contributed by atoms with Crippen molar-refractivity contribution in [3.8, 4) is 5.75 Å². The minimum Gasteiger partial charge on any atom is -0.503 e. The van der Waals surface area contributed by atoms with E-state index >= 15 is 0 Å². The Morgan fingerprint density at radius 2 is 1.80 bits per heavy atom. The van der Waals surface area contributed by atoms with Crippen molar-refractivity contribution in [1.29, 1.82) is 0 Å². The highest BCUT2D eigenvalue weighted by Gasteiger charge is 2.22. The van der Waals surface area contributed by atoms with Gasteiger partial charge < -0.3 is 10.4 Å². The van der Waals surface area contributed by atoms with Crippen molar-refractivity contribution >= 4 is 0 Å². The van der Waals surface area contributed by atoms with Crippen molar-refractivity contribution in [1.82, 2.24) is 5.32 Å². The highest BCUT2D eigenvalue weighted by molar-refractivity contribution is 5.29. The fourth-order valence-corrected chi connectivity index (χ4v) is 3.15. The Labute approximate surface area is 119 Å². The van der Waals surface area contributed by atoms with Gasteiger partial charge in [-0.1, -0.05) is 26.2 Å². The van der Waals surface area contributed by atoms with Crippen LogP contribution in [0, 0.1) is 17.6 Å². The minimum absolute atomic E-state index is 0.398. The maximum Gasteiger partial charge on any atom is 0.187 e. The van der Waals surface area contributed by atoms with Gasteiger partial charge in [-0.2, -0.15) is 0 Å². The van der Waals surface area contributed by atoms with Gasteiger partial charge in [0.15, 0.2) is 17.4 Å². The molecule has 1 aromatic carbocycles. The maximum atomic E-state index is 13.3. The SMILES string of the molecule is CCC(NCc1cc(F)c(O)c(F)c1)C1CCCCC1. The van der Waals surface area contributed by atoms with Crippen LogP contribution in [-0.4, -0.2) is 11.1 Å². The first-order chi connectivity index (χ1) is 9.61. The number of hydrogen-bond acceptors (Lipinski definition) is 2. The maximum absolute atomic E-state index is 13.3. The highest BCUT2D eigenvalue weighted by Crippen LogP contribution is 2.28. The van der Waals surface area contributed by atoms with Crippen LogP contribution in [0.25, 0.3) is 0 Å². The Balaban J connectivity index is 1.95. The first-order valence-corrected chi connectivity index (χ1v) is 7.52. The van der Waals surface area contributed by atoms with Crippen molar-refractivity contribution < 1.29 is 13.9 Å². The molecule has 112 valence electrons. The standard InChI is InChI=1S/C16H23F2NO/c1-2-15(12-6-4-3-5-7-12)19-10-11-8-13(17)16(20)14(18)9-11/h8-9,12,15,19-20H,2-7,10H2,1H3. The number of phenols is 1. The van der Waals surface area contributed by atoms with Crippen LogP contribution in [0.15, 0.2) is 12.1 Å². The molecule has 1 aliphatic carbocycles. The van der Waals surface area contributed by atoms with Crippen LogP contribution in [0.1, 0.15) is 51.0 Å². The van der Waals surface area contributed by atoms with Gasteiger partial charge in [0.05, 0.1) is 0 Å². The van der Waals surface area contributed by atoms with E-state index < -0.39 is 17.4 Å². The smallest absolute Gasteiger partial charge is 0.187 e. The Bertz CT molecular complexity index is 421. The summed E-state index contributed by atoms with van der Waals surface area (Å²) in [5.74, 6) is -2.02. The van der Waals surface area contributed by atoms with Gasteiger partial charge in [0.2, 0.25) is 0 Å². The number of nitrogens with one attached hydrogen (secondary N) is 1. The lowest BCUT2D eigenvalue weighted by molar-refractivity contribution is 0.261. The highest BCUT2D eigenvalue weighted by atomic mass is 19.1. The largest absolute Gasteiger partial charge is 0.503 e. The molecule has 0 spiro atoms. The van der Waals surface area contributed by atoms with Crippen molar-refractivity contribution in [3.63, 3.8) is 0 Å². The molecule has 0 amide bonds. The Kier molecular flexibility index (Phi) is 5.35. The molecule has 1 atom stereocenters. The van der Waals surface area contributed by atoms with Gasteiger partial charge in [-0.3, -0.25) is 0 Å². The minimum atomic E-state index is -0.896. The molecule has 2 rings (SSSR count). The Morgan fingerprint density at radius 3 is 2.35 bits per heavy atom. The molecule has 0 radical (unpaired) electrons. The number of aromatic hydroxyl groups is 1. The van der Waals surface area contributed by atoms with Crippen LogP contribution in [-0.2, 0) is 6.54 Å². The molecule has 1 unspecified atom stereocenters. The van der Waals surface area contributed by atoms with Gasteiger partial charge >= 0.3 is 0 Å². The first kappa shape index (κ1) is 15.2. The molecule has 1 aromatic rings. The summed E-state index contributed by atoms with van der Waals surface area (Å²) < 4.78 is 26.6. The van der Waals surface area contributed by atoms with E-state index in [0.717, 1.165) is 6.42 Å². The van der Waals surface area contributed by atoms with E-state index in [4.69, 9.17) is 5.11 Å². The van der Waals surface area contributed by atoms with E-state index in [1.165, 1.54) is 44.2 Å². The lowest BCUT2D eigenvalue weighted by Crippen LogP contribution is -2.36. The van der Waals surface area contributed by atoms with Crippen LogP contribution in [0.4, 0.5) is 8.78 Å². The fraction of sp³-hybridized carbons (Fsp3) is 0.625. The average molecular weight is 283 g/mol. The molecule has 0 aromatic heterocycles. The normalized spacial score (nSPS) is 18.1. The van der Waals surface area contributed by atoms with Gasteiger partial charge in [-0.05, 0) is 42.9 Å². The van der Waals surface area contributed by atoms with Crippen molar-refractivity contribution in [2.24, 2.45) is 5.92 Å². The molecule has 2 N–H and O–H groups in total. The predicted octanol–water partition coefficient (Wildman–Crippen LogP) is 4.12. The molecule has 0 aliphatic heterocycles. The monoisotopic (exact) mass is 283 g/mol. The molecule has 1 fully saturated rings. The first-order valence-electron chi connectivity index (χ1n) is 7.52. The Morgan fingerprint density at radius 1 is 1.20 bits per heavy atom. The number of benzene rings is 1. The van der Waals surface area contributed by atoms with Crippen LogP contribution < -0.4 is 5.32 Å². The second-order valence-corrected chi connectivity index (χ2v) is 5.70. The molecule has 2 nitrogen and oxygen atoms in total. The summed E-state index contributed by atoms with van der Waals surface area (Å²) in [4.78, 5) is 0. The molecule has 0 saturated heterocycles. The number of halogens is 2. The molecule has 0 heterocycles. The molecule has 1 saturated carbocycles. The van der Waals surface area contributed by atoms with Gasteiger partial charge in [-0.25, -0.2) is 8.78 Å². The van der Waals surface area contributed by atoms with E-state index in [9.17, 15) is 8.78 Å². The van der Waals surface area contributed by atoms with Crippen LogP contribution in [0.2, 0.25) is 0 Å². The third-order valence-electron chi connectivity index (χ3n) is 4.30. The summed E-state index contributed by atoms with van der Waals surface area (Å²) in [6, 6.07) is 2.79. The van der Waals surface area contributed by atoms with E-state index in [-0.39, 0.29) is 0 Å². The molecular weight excluding hydrogens is 260 g/mol. The number of phenolic OH excluding ortho intramolecular Hbond substituents is 1. The van der Waals surface area contributed by atoms with Crippen molar-refractivity contribution in [2.75, 3.05) is 0 Å². The summed E-state index contributed by atoms with van der Waals surface area (Å²) in [5.41, 5.74) is 0.534. The van der Waals surface area contributed by atoms with Gasteiger partial charge in [-0.15, -0.1) is 0 Å². The molecule has 4 heteroatoms. The summed E-state index contributed by atoms with van der Waals surface area (Å²) in [6.45, 7) is 2.58.